The van der Waals surface area contributed by atoms with E-state index in [4.69, 9.17) is 0 Å². The molecule has 24 heavy (non-hydrogen) atoms. The van der Waals surface area contributed by atoms with E-state index in [1.165, 1.54) is 0 Å². The highest BCUT2D eigenvalue weighted by Crippen LogP contribution is 2.20. The van der Waals surface area contributed by atoms with Gasteiger partial charge >= 0.3 is 0 Å². The Morgan fingerprint density at radius 3 is 2.92 bits per heavy atom. The number of aryl methyl sites for hydroxylation is 1. The molecule has 0 saturated carbocycles. The molecule has 0 aliphatic rings. The average molecular weight is 316 g/mol. The van der Waals surface area contributed by atoms with Crippen LogP contribution in [0.1, 0.15) is 21.6 Å². The monoisotopic (exact) mass is 316 g/mol. The van der Waals surface area contributed by atoms with Gasteiger partial charge in [0.05, 0.1) is 17.3 Å². The Morgan fingerprint density at radius 1 is 1.12 bits per heavy atom. The van der Waals surface area contributed by atoms with Gasteiger partial charge in [0.25, 0.3) is 5.91 Å². The summed E-state index contributed by atoms with van der Waals surface area (Å²) in [6, 6.07) is 15.5. The number of rotatable bonds is 3. The summed E-state index contributed by atoms with van der Waals surface area (Å²) < 4.78 is 0. The lowest BCUT2D eigenvalue weighted by Crippen LogP contribution is -2.18. The molecule has 3 N–H and O–H groups in total. The van der Waals surface area contributed by atoms with Crippen molar-refractivity contribution in [2.24, 2.45) is 5.10 Å². The van der Waals surface area contributed by atoms with Crippen LogP contribution < -0.4 is 5.43 Å². The van der Waals surface area contributed by atoms with Gasteiger partial charge in [0.15, 0.2) is 0 Å². The Kier molecular flexibility index (Phi) is 3.39. The predicted molar refractivity (Wildman–Crippen MR) is 96.4 cm³/mol. The van der Waals surface area contributed by atoms with Gasteiger partial charge in [-0.25, -0.2) is 5.43 Å². The number of benzene rings is 2. The number of nitrogens with one attached hydrogen (secondary N) is 3. The molecule has 0 spiro atoms. The number of H-pyrrole nitrogens is 2. The first-order valence-electron chi connectivity index (χ1n) is 7.71. The number of aromatic nitrogens is 2. The van der Waals surface area contributed by atoms with Crippen molar-refractivity contribution in [1.82, 2.24) is 15.4 Å². The fourth-order valence-corrected chi connectivity index (χ4v) is 2.95. The van der Waals surface area contributed by atoms with E-state index in [9.17, 15) is 4.79 Å². The van der Waals surface area contributed by atoms with Crippen LogP contribution in [-0.4, -0.2) is 22.1 Å². The minimum absolute atomic E-state index is 0.239. The van der Waals surface area contributed by atoms with Gasteiger partial charge in [-0.1, -0.05) is 30.3 Å². The zero-order valence-electron chi connectivity index (χ0n) is 13.1. The zero-order valence-corrected chi connectivity index (χ0v) is 13.1. The van der Waals surface area contributed by atoms with Crippen molar-refractivity contribution in [3.8, 4) is 0 Å². The van der Waals surface area contributed by atoms with Crippen molar-refractivity contribution in [1.29, 1.82) is 0 Å². The van der Waals surface area contributed by atoms with E-state index in [1.54, 1.807) is 12.3 Å². The van der Waals surface area contributed by atoms with Crippen molar-refractivity contribution in [3.63, 3.8) is 0 Å². The number of hydrogen-bond donors (Lipinski definition) is 3. The van der Waals surface area contributed by atoms with Gasteiger partial charge in [-0.15, -0.1) is 0 Å². The molecule has 0 bridgehead atoms. The molecule has 5 heteroatoms. The first-order chi connectivity index (χ1) is 11.7. The molecule has 2 aromatic carbocycles. The lowest BCUT2D eigenvalue weighted by molar-refractivity contribution is 0.0956. The summed E-state index contributed by atoms with van der Waals surface area (Å²) in [4.78, 5) is 18.8. The summed E-state index contributed by atoms with van der Waals surface area (Å²) in [5, 5.41) is 6.22. The van der Waals surface area contributed by atoms with Crippen LogP contribution in [-0.2, 0) is 0 Å². The summed E-state index contributed by atoms with van der Waals surface area (Å²) in [6.07, 6.45) is 3.50. The number of fused-ring (bicyclic) bond motifs is 2. The second-order valence-corrected chi connectivity index (χ2v) is 5.66. The van der Waals surface area contributed by atoms with Crippen LogP contribution >= 0.6 is 0 Å². The van der Waals surface area contributed by atoms with Crippen molar-refractivity contribution >= 4 is 33.9 Å². The second kappa shape index (κ2) is 5.70. The summed E-state index contributed by atoms with van der Waals surface area (Å²) >= 11 is 0. The first-order valence-corrected chi connectivity index (χ1v) is 7.71. The minimum atomic E-state index is -0.239. The molecule has 2 heterocycles. The van der Waals surface area contributed by atoms with Crippen LogP contribution in [0.4, 0.5) is 0 Å². The highest BCUT2D eigenvalue weighted by Gasteiger charge is 2.10. The molecule has 2 aromatic heterocycles. The molecule has 0 saturated heterocycles. The van der Waals surface area contributed by atoms with E-state index in [-0.39, 0.29) is 5.91 Å². The molecular formula is C19H16N4O. The molecule has 0 aliphatic heterocycles. The van der Waals surface area contributed by atoms with Gasteiger partial charge in [-0.3, -0.25) is 4.79 Å². The van der Waals surface area contributed by atoms with Gasteiger partial charge in [-0.2, -0.15) is 5.10 Å². The number of carbonyl (C=O) groups is 1. The molecule has 1 amide bonds. The summed E-state index contributed by atoms with van der Waals surface area (Å²) in [5.74, 6) is -0.239. The maximum Gasteiger partial charge on any atom is 0.273 e. The normalized spacial score (nSPS) is 11.5. The van der Waals surface area contributed by atoms with Crippen molar-refractivity contribution < 1.29 is 4.79 Å². The van der Waals surface area contributed by atoms with Crippen molar-refractivity contribution in [2.75, 3.05) is 0 Å². The third kappa shape index (κ3) is 2.36. The molecule has 0 radical (unpaired) electrons. The summed E-state index contributed by atoms with van der Waals surface area (Å²) in [6.45, 7) is 1.99. The minimum Gasteiger partial charge on any atom is -0.361 e. The zero-order chi connectivity index (χ0) is 16.5. The van der Waals surface area contributed by atoms with Gasteiger partial charge in [-0.05, 0) is 25.1 Å². The van der Waals surface area contributed by atoms with Crippen LogP contribution in [0.25, 0.3) is 21.8 Å². The van der Waals surface area contributed by atoms with E-state index in [1.807, 2.05) is 55.6 Å². The maximum atomic E-state index is 12.4. The molecule has 4 aromatic rings. The molecule has 4 rings (SSSR count). The highest BCUT2D eigenvalue weighted by molar-refractivity contribution is 6.06. The van der Waals surface area contributed by atoms with Gasteiger partial charge in [0.2, 0.25) is 0 Å². The van der Waals surface area contributed by atoms with Crippen molar-refractivity contribution in [2.45, 2.75) is 6.92 Å². The fraction of sp³-hybridized carbons (Fsp3) is 0.0526. The quantitative estimate of drug-likeness (QED) is 0.391. The number of carbonyl (C=O) groups excluding carboxylic acids is 1. The first kappa shape index (κ1) is 14.3. The molecule has 0 aliphatic carbocycles. The summed E-state index contributed by atoms with van der Waals surface area (Å²) in [5.41, 5.74) is 7.04. The van der Waals surface area contributed by atoms with Crippen LogP contribution in [0.2, 0.25) is 0 Å². The van der Waals surface area contributed by atoms with Crippen LogP contribution in [0.3, 0.4) is 0 Å². The number of amides is 1. The number of hydrogen-bond acceptors (Lipinski definition) is 2. The van der Waals surface area contributed by atoms with Gasteiger partial charge < -0.3 is 9.97 Å². The Bertz CT molecular complexity index is 1070. The number of aromatic amines is 2. The lowest BCUT2D eigenvalue weighted by atomic mass is 10.1. The standard InChI is InChI=1S/C19H16N4O/c1-12-16(14-6-2-3-8-17(14)22-12)11-21-23-19(24)15-7-4-5-13-9-10-20-18(13)15/h2-11,20,22H,1H3,(H,23,24)/b21-11+. The Morgan fingerprint density at radius 2 is 2.00 bits per heavy atom. The number of hydrazone groups is 1. The third-order valence-electron chi connectivity index (χ3n) is 4.14. The highest BCUT2D eigenvalue weighted by atomic mass is 16.2. The Hall–Kier alpha value is -3.34. The van der Waals surface area contributed by atoms with E-state index in [0.29, 0.717) is 5.56 Å². The van der Waals surface area contributed by atoms with Crippen molar-refractivity contribution in [3.05, 3.63) is 71.5 Å². The van der Waals surface area contributed by atoms with Crippen LogP contribution in [0.15, 0.2) is 59.8 Å². The fourth-order valence-electron chi connectivity index (χ4n) is 2.95. The van der Waals surface area contributed by atoms with E-state index in [2.05, 4.69) is 20.5 Å². The summed E-state index contributed by atoms with van der Waals surface area (Å²) in [7, 11) is 0. The van der Waals surface area contributed by atoms with E-state index in [0.717, 1.165) is 33.1 Å². The average Bonchev–Trinajstić information content (AvgIpc) is 3.19. The molecule has 5 nitrogen and oxygen atoms in total. The van der Waals surface area contributed by atoms with Gasteiger partial charge in [0.1, 0.15) is 0 Å². The largest absolute Gasteiger partial charge is 0.361 e. The Balaban J connectivity index is 1.60. The van der Waals surface area contributed by atoms with Crippen LogP contribution in [0.5, 0.6) is 0 Å². The second-order valence-electron chi connectivity index (χ2n) is 5.66. The molecule has 118 valence electrons. The van der Waals surface area contributed by atoms with E-state index < -0.39 is 0 Å². The maximum absolute atomic E-state index is 12.4. The number of nitrogens with zero attached hydrogens (tertiary/aromatic N) is 1. The molecule has 0 atom stereocenters. The SMILES string of the molecule is Cc1[nH]c2ccccc2c1/C=N/NC(=O)c1cccc2cc[nH]c12. The number of para-hydroxylation sites is 2. The molecule has 0 fully saturated rings. The predicted octanol–water partition coefficient (Wildman–Crippen LogP) is 3.72. The molecular weight excluding hydrogens is 300 g/mol. The Labute approximate surface area is 138 Å². The third-order valence-corrected chi connectivity index (χ3v) is 4.14. The van der Waals surface area contributed by atoms with Crippen LogP contribution in [0, 0.1) is 6.92 Å². The van der Waals surface area contributed by atoms with E-state index >= 15 is 0 Å². The van der Waals surface area contributed by atoms with Gasteiger partial charge in [0, 0.05) is 33.7 Å². The molecule has 0 unspecified atom stereocenters. The topological polar surface area (TPSA) is 73.0 Å². The lowest BCUT2D eigenvalue weighted by Gasteiger charge is -2.01. The smallest absolute Gasteiger partial charge is 0.273 e.